The SMILES string of the molecule is CN1CCN(C(=O)c2ccc3c(c2)CN(C(=O)c2cc4c(C(=O)C5CCCCC5)n[nH]c4cc2O)C3)CC1. The molecule has 0 radical (unpaired) electrons. The Hall–Kier alpha value is -3.72. The number of aromatic hydroxyl groups is 1. The Bertz CT molecular complexity index is 1420. The number of benzene rings is 2. The number of phenols is 1. The number of Topliss-reactive ketones (excluding diaryl/α,β-unsaturated/α-hetero) is 1. The maximum Gasteiger partial charge on any atom is 0.258 e. The summed E-state index contributed by atoms with van der Waals surface area (Å²) in [4.78, 5) is 45.5. The first-order valence-corrected chi connectivity index (χ1v) is 13.5. The Labute approximate surface area is 221 Å². The Morgan fingerprint density at radius 3 is 2.39 bits per heavy atom. The van der Waals surface area contributed by atoms with Crippen LogP contribution in [-0.2, 0) is 13.1 Å². The number of carbonyl (C=O) groups is 3. The number of nitrogens with zero attached hydrogens (tertiary/aromatic N) is 4. The van der Waals surface area contributed by atoms with Gasteiger partial charge in [-0.3, -0.25) is 19.5 Å². The molecule has 6 rings (SSSR count). The molecule has 38 heavy (non-hydrogen) atoms. The number of aromatic nitrogens is 2. The topological polar surface area (TPSA) is 110 Å². The summed E-state index contributed by atoms with van der Waals surface area (Å²) < 4.78 is 0. The van der Waals surface area contributed by atoms with Crippen molar-refractivity contribution >= 4 is 28.5 Å². The molecule has 9 nitrogen and oxygen atoms in total. The molecular formula is C29H33N5O4. The zero-order valence-corrected chi connectivity index (χ0v) is 21.7. The van der Waals surface area contributed by atoms with Crippen LogP contribution in [0, 0.1) is 5.92 Å². The number of hydrogen-bond acceptors (Lipinski definition) is 6. The monoisotopic (exact) mass is 515 g/mol. The van der Waals surface area contributed by atoms with E-state index in [0.29, 0.717) is 48.3 Å². The van der Waals surface area contributed by atoms with E-state index in [9.17, 15) is 19.5 Å². The summed E-state index contributed by atoms with van der Waals surface area (Å²) in [6.45, 7) is 3.88. The fraction of sp³-hybridized carbons (Fsp3) is 0.448. The Morgan fingerprint density at radius 1 is 0.895 bits per heavy atom. The molecular weight excluding hydrogens is 482 g/mol. The molecule has 198 valence electrons. The van der Waals surface area contributed by atoms with Crippen molar-refractivity contribution in [3.63, 3.8) is 0 Å². The van der Waals surface area contributed by atoms with Crippen molar-refractivity contribution in [3.05, 3.63) is 58.3 Å². The summed E-state index contributed by atoms with van der Waals surface area (Å²) >= 11 is 0. The molecule has 9 heteroatoms. The van der Waals surface area contributed by atoms with Crippen molar-refractivity contribution in [2.24, 2.45) is 5.92 Å². The van der Waals surface area contributed by atoms with Crippen molar-refractivity contribution in [2.75, 3.05) is 33.2 Å². The molecule has 3 heterocycles. The van der Waals surface area contributed by atoms with E-state index >= 15 is 0 Å². The first-order valence-electron chi connectivity index (χ1n) is 13.5. The Kier molecular flexibility index (Phi) is 6.39. The molecule has 1 saturated carbocycles. The fourth-order valence-corrected chi connectivity index (χ4v) is 6.00. The van der Waals surface area contributed by atoms with Gasteiger partial charge < -0.3 is 19.8 Å². The van der Waals surface area contributed by atoms with Crippen LogP contribution >= 0.6 is 0 Å². The quantitative estimate of drug-likeness (QED) is 0.514. The first-order chi connectivity index (χ1) is 18.4. The number of piperazine rings is 1. The van der Waals surface area contributed by atoms with Gasteiger partial charge in [-0.1, -0.05) is 25.3 Å². The van der Waals surface area contributed by atoms with Gasteiger partial charge in [-0.05, 0) is 49.2 Å². The summed E-state index contributed by atoms with van der Waals surface area (Å²) in [6, 6.07) is 8.72. The van der Waals surface area contributed by atoms with Crippen molar-refractivity contribution in [1.29, 1.82) is 0 Å². The maximum absolute atomic E-state index is 13.6. The number of hydrogen-bond donors (Lipinski definition) is 2. The van der Waals surface area contributed by atoms with E-state index in [2.05, 4.69) is 22.1 Å². The predicted octanol–water partition coefficient (Wildman–Crippen LogP) is 3.58. The number of fused-ring (bicyclic) bond motifs is 2. The van der Waals surface area contributed by atoms with Gasteiger partial charge in [-0.25, -0.2) is 0 Å². The number of likely N-dealkylation sites (N-methyl/N-ethyl adjacent to an activating group) is 1. The lowest BCUT2D eigenvalue weighted by molar-refractivity contribution is 0.0663. The summed E-state index contributed by atoms with van der Waals surface area (Å²) in [6.07, 6.45) is 4.97. The van der Waals surface area contributed by atoms with Crippen molar-refractivity contribution < 1.29 is 19.5 Å². The summed E-state index contributed by atoms with van der Waals surface area (Å²) in [5.41, 5.74) is 3.60. The molecule has 0 atom stereocenters. The highest BCUT2D eigenvalue weighted by Gasteiger charge is 2.30. The van der Waals surface area contributed by atoms with Crippen LogP contribution in [0.3, 0.4) is 0 Å². The van der Waals surface area contributed by atoms with Crippen LogP contribution in [-0.4, -0.2) is 80.8 Å². The van der Waals surface area contributed by atoms with Gasteiger partial charge >= 0.3 is 0 Å². The molecule has 2 N–H and O–H groups in total. The highest BCUT2D eigenvalue weighted by Crippen LogP contribution is 2.33. The van der Waals surface area contributed by atoms with Crippen LogP contribution in [0.5, 0.6) is 5.75 Å². The third-order valence-corrected chi connectivity index (χ3v) is 8.37. The molecule has 1 aromatic heterocycles. The minimum absolute atomic E-state index is 0.00571. The van der Waals surface area contributed by atoms with Gasteiger partial charge in [0.25, 0.3) is 11.8 Å². The fourth-order valence-electron chi connectivity index (χ4n) is 6.00. The second-order valence-electron chi connectivity index (χ2n) is 10.9. The van der Waals surface area contributed by atoms with Crippen LogP contribution < -0.4 is 0 Å². The Morgan fingerprint density at radius 2 is 1.63 bits per heavy atom. The molecule has 3 aromatic rings. The predicted molar refractivity (Wildman–Crippen MR) is 142 cm³/mol. The largest absolute Gasteiger partial charge is 0.507 e. The van der Waals surface area contributed by atoms with Crippen molar-refractivity contribution in [3.8, 4) is 5.75 Å². The van der Waals surface area contributed by atoms with Gasteiger partial charge in [0.1, 0.15) is 11.4 Å². The number of amides is 2. The summed E-state index contributed by atoms with van der Waals surface area (Å²) in [7, 11) is 2.06. The average Bonchev–Trinajstić information content (AvgIpc) is 3.56. The highest BCUT2D eigenvalue weighted by atomic mass is 16.3. The second kappa shape index (κ2) is 9.87. The summed E-state index contributed by atoms with van der Waals surface area (Å²) in [5.74, 6) is -0.483. The number of aromatic amines is 1. The molecule has 3 aliphatic rings. The average molecular weight is 516 g/mol. The van der Waals surface area contributed by atoms with Crippen LogP contribution in [0.15, 0.2) is 30.3 Å². The third-order valence-electron chi connectivity index (χ3n) is 8.37. The van der Waals surface area contributed by atoms with E-state index in [-0.39, 0.29) is 34.8 Å². The van der Waals surface area contributed by atoms with E-state index in [1.165, 1.54) is 6.07 Å². The normalized spacial score (nSPS) is 18.7. The molecule has 2 amide bonds. The molecule has 0 unspecified atom stereocenters. The number of rotatable bonds is 4. The number of H-pyrrole nitrogens is 1. The van der Waals surface area contributed by atoms with Gasteiger partial charge in [0.2, 0.25) is 0 Å². The number of phenolic OH excluding ortho intramolecular Hbond substituents is 1. The number of ketones is 1. The van der Waals surface area contributed by atoms with Crippen LogP contribution in [0.25, 0.3) is 10.9 Å². The van der Waals surface area contributed by atoms with E-state index in [0.717, 1.165) is 56.3 Å². The van der Waals surface area contributed by atoms with Crippen LogP contribution in [0.2, 0.25) is 0 Å². The van der Waals surface area contributed by atoms with E-state index in [1.54, 1.807) is 11.0 Å². The lowest BCUT2D eigenvalue weighted by Crippen LogP contribution is -2.47. The van der Waals surface area contributed by atoms with Crippen LogP contribution in [0.1, 0.15) is 74.4 Å². The second-order valence-corrected chi connectivity index (χ2v) is 10.9. The smallest absolute Gasteiger partial charge is 0.258 e. The minimum Gasteiger partial charge on any atom is -0.507 e. The molecule has 1 saturated heterocycles. The van der Waals surface area contributed by atoms with Crippen molar-refractivity contribution in [2.45, 2.75) is 45.2 Å². The van der Waals surface area contributed by atoms with Gasteiger partial charge in [-0.15, -0.1) is 0 Å². The molecule has 2 aromatic carbocycles. The van der Waals surface area contributed by atoms with Gasteiger partial charge in [0, 0.05) is 62.2 Å². The molecule has 1 aliphatic carbocycles. The maximum atomic E-state index is 13.6. The molecule has 2 aliphatic heterocycles. The minimum atomic E-state index is -0.315. The first kappa shape index (κ1) is 24.6. The lowest BCUT2D eigenvalue weighted by Gasteiger charge is -2.32. The van der Waals surface area contributed by atoms with E-state index < -0.39 is 0 Å². The molecule has 2 fully saturated rings. The Balaban J connectivity index is 1.22. The van der Waals surface area contributed by atoms with Crippen molar-refractivity contribution in [1.82, 2.24) is 24.9 Å². The summed E-state index contributed by atoms with van der Waals surface area (Å²) in [5, 5.41) is 18.4. The standard InChI is InChI=1S/C29H33N5O4/c1-32-9-11-33(12-10-32)28(37)19-7-8-20-16-34(17-21(20)13-19)29(38)23-14-22-24(15-25(23)35)30-31-26(22)27(36)18-5-3-2-4-6-18/h7-8,13-15,18,35H,2-6,9-12,16-17H2,1H3,(H,30,31). The lowest BCUT2D eigenvalue weighted by atomic mass is 9.84. The van der Waals surface area contributed by atoms with Gasteiger partial charge in [0.15, 0.2) is 5.78 Å². The number of nitrogens with one attached hydrogen (secondary N) is 1. The molecule has 0 bridgehead atoms. The zero-order chi connectivity index (χ0) is 26.4. The van der Waals surface area contributed by atoms with Gasteiger partial charge in [0.05, 0.1) is 11.1 Å². The number of carbonyl (C=O) groups excluding carboxylic acids is 3. The molecule has 0 spiro atoms. The van der Waals surface area contributed by atoms with E-state index in [1.807, 2.05) is 23.1 Å². The van der Waals surface area contributed by atoms with E-state index in [4.69, 9.17) is 0 Å². The zero-order valence-electron chi connectivity index (χ0n) is 21.7. The highest BCUT2D eigenvalue weighted by molar-refractivity contribution is 6.10. The van der Waals surface area contributed by atoms with Crippen LogP contribution in [0.4, 0.5) is 0 Å². The third kappa shape index (κ3) is 4.45. The van der Waals surface area contributed by atoms with Gasteiger partial charge in [-0.2, -0.15) is 5.10 Å².